The van der Waals surface area contributed by atoms with Gasteiger partial charge < -0.3 is 5.32 Å². The number of hydrogen-bond acceptors (Lipinski definition) is 4. The van der Waals surface area contributed by atoms with Crippen molar-refractivity contribution in [3.05, 3.63) is 89.0 Å². The Balaban J connectivity index is 1.74. The molecule has 0 aliphatic carbocycles. The summed E-state index contributed by atoms with van der Waals surface area (Å²) in [6.45, 7) is 3.89. The molecule has 1 unspecified atom stereocenters. The van der Waals surface area contributed by atoms with Gasteiger partial charge in [0.2, 0.25) is 0 Å². The Morgan fingerprint density at radius 3 is 2.38 bits per heavy atom. The fourth-order valence-electron chi connectivity index (χ4n) is 3.14. The van der Waals surface area contributed by atoms with Crippen LogP contribution in [0.5, 0.6) is 0 Å². The predicted octanol–water partition coefficient (Wildman–Crippen LogP) is 3.99. The van der Waals surface area contributed by atoms with Gasteiger partial charge in [0, 0.05) is 5.56 Å². The molecule has 0 radical (unpaired) electrons. The Bertz CT molecular complexity index is 1120. The number of carbonyl (C=O) groups excluding carboxylic acids is 1. The fraction of sp³-hybridized carbons (Fsp3) is 0.130. The minimum Gasteiger partial charge on any atom is -0.344 e. The molecule has 1 N–H and O–H groups in total. The summed E-state index contributed by atoms with van der Waals surface area (Å²) in [5.41, 5.74) is 5.22. The van der Waals surface area contributed by atoms with Crippen molar-refractivity contribution in [2.75, 3.05) is 0 Å². The van der Waals surface area contributed by atoms with Crippen molar-refractivity contribution in [3.8, 4) is 6.07 Å². The van der Waals surface area contributed by atoms with Gasteiger partial charge in [0.05, 0.1) is 17.3 Å². The second kappa shape index (κ2) is 7.56. The molecule has 0 saturated heterocycles. The second-order valence-corrected chi connectivity index (χ2v) is 6.93. The van der Waals surface area contributed by atoms with E-state index in [0.29, 0.717) is 17.1 Å². The number of carbonyl (C=O) groups is 1. The zero-order chi connectivity index (χ0) is 20.4. The lowest BCUT2D eigenvalue weighted by molar-refractivity contribution is 0.190. The monoisotopic (exact) mass is 381 g/mol. The van der Waals surface area contributed by atoms with Crippen LogP contribution in [-0.2, 0) is 0 Å². The highest BCUT2D eigenvalue weighted by Crippen LogP contribution is 2.22. The van der Waals surface area contributed by atoms with E-state index in [1.54, 1.807) is 24.3 Å². The molecular formula is C23H19N5O. The first-order chi connectivity index (χ1) is 14.0. The first kappa shape index (κ1) is 18.4. The third kappa shape index (κ3) is 3.85. The highest BCUT2D eigenvalue weighted by Gasteiger charge is 2.29. The van der Waals surface area contributed by atoms with Crippen LogP contribution in [0.3, 0.4) is 0 Å². The lowest BCUT2D eigenvalue weighted by Crippen LogP contribution is -2.51. The van der Waals surface area contributed by atoms with Crippen molar-refractivity contribution < 1.29 is 4.79 Å². The standard InChI is InChI=1S/C23H19N5O/c1-15-3-8-18(9-4-15)20-10-5-16(2)27-28-21(13-20)25-22(26-23(28)29)19-11-6-17(14-24)7-12-19/h3-13,21H,1-2H3,(H,25,26,29)/b10-5-,20-13-,27-16-. The van der Waals surface area contributed by atoms with E-state index in [0.717, 1.165) is 16.7 Å². The average Bonchev–Trinajstić information content (AvgIpc) is 2.72. The molecule has 0 spiro atoms. The maximum atomic E-state index is 12.7. The summed E-state index contributed by atoms with van der Waals surface area (Å²) in [6, 6.07) is 16.8. The number of fused-ring (bicyclic) bond motifs is 1. The maximum absolute atomic E-state index is 12.7. The molecular weight excluding hydrogens is 362 g/mol. The molecule has 29 heavy (non-hydrogen) atoms. The fourth-order valence-corrected chi connectivity index (χ4v) is 3.14. The maximum Gasteiger partial charge on any atom is 0.368 e. The second-order valence-electron chi connectivity index (χ2n) is 6.93. The number of hydrogen-bond donors (Lipinski definition) is 1. The molecule has 1 atom stereocenters. The first-order valence-corrected chi connectivity index (χ1v) is 9.24. The first-order valence-electron chi connectivity index (χ1n) is 9.24. The summed E-state index contributed by atoms with van der Waals surface area (Å²) >= 11 is 0. The highest BCUT2D eigenvalue weighted by atomic mass is 16.2. The number of nitrogens with one attached hydrogen (secondary N) is 1. The Morgan fingerprint density at radius 2 is 1.69 bits per heavy atom. The lowest BCUT2D eigenvalue weighted by Gasteiger charge is -2.31. The molecule has 0 aromatic heterocycles. The average molecular weight is 381 g/mol. The van der Waals surface area contributed by atoms with Crippen LogP contribution in [0.4, 0.5) is 4.79 Å². The molecule has 2 aromatic rings. The molecule has 0 saturated carbocycles. The normalized spacial score (nSPS) is 23.1. The third-order valence-electron chi connectivity index (χ3n) is 4.73. The minimum atomic E-state index is -0.484. The molecule has 2 aromatic carbocycles. The van der Waals surface area contributed by atoms with E-state index in [9.17, 15) is 4.79 Å². The largest absolute Gasteiger partial charge is 0.368 e. The van der Waals surface area contributed by atoms with Crippen LogP contribution in [0.2, 0.25) is 0 Å². The van der Waals surface area contributed by atoms with Gasteiger partial charge >= 0.3 is 6.03 Å². The van der Waals surface area contributed by atoms with Gasteiger partial charge in [-0.1, -0.05) is 35.9 Å². The van der Waals surface area contributed by atoms with Crippen molar-refractivity contribution >= 4 is 23.2 Å². The van der Waals surface area contributed by atoms with Crippen LogP contribution >= 0.6 is 0 Å². The minimum absolute atomic E-state index is 0.442. The van der Waals surface area contributed by atoms with Gasteiger partial charge in [0.1, 0.15) is 12.0 Å². The molecule has 2 aliphatic rings. The molecule has 2 amide bonds. The van der Waals surface area contributed by atoms with Gasteiger partial charge in [-0.3, -0.25) is 0 Å². The van der Waals surface area contributed by atoms with Crippen LogP contribution in [0, 0.1) is 18.3 Å². The van der Waals surface area contributed by atoms with E-state index >= 15 is 0 Å². The molecule has 0 fully saturated rings. The molecule has 2 aliphatic heterocycles. The van der Waals surface area contributed by atoms with E-state index in [-0.39, 0.29) is 0 Å². The summed E-state index contributed by atoms with van der Waals surface area (Å²) in [5.74, 6) is 0.456. The van der Waals surface area contributed by atoms with E-state index in [1.807, 2.05) is 32.1 Å². The van der Waals surface area contributed by atoms with Crippen LogP contribution in [0.25, 0.3) is 5.57 Å². The van der Waals surface area contributed by atoms with Gasteiger partial charge in [0.25, 0.3) is 0 Å². The van der Waals surface area contributed by atoms with Crippen molar-refractivity contribution in [1.82, 2.24) is 10.3 Å². The van der Waals surface area contributed by atoms with E-state index in [2.05, 4.69) is 45.7 Å². The van der Waals surface area contributed by atoms with Gasteiger partial charge in [0.15, 0.2) is 0 Å². The molecule has 6 nitrogen and oxygen atoms in total. The zero-order valence-electron chi connectivity index (χ0n) is 16.1. The summed E-state index contributed by atoms with van der Waals surface area (Å²) in [5, 5.41) is 18.0. The number of amides is 2. The summed E-state index contributed by atoms with van der Waals surface area (Å²) in [6.07, 6.45) is 5.37. The quantitative estimate of drug-likeness (QED) is 0.854. The van der Waals surface area contributed by atoms with Crippen molar-refractivity contribution in [2.24, 2.45) is 10.1 Å². The molecule has 0 bridgehead atoms. The van der Waals surface area contributed by atoms with Gasteiger partial charge in [-0.15, -0.1) is 0 Å². The van der Waals surface area contributed by atoms with Crippen molar-refractivity contribution in [2.45, 2.75) is 20.0 Å². The SMILES string of the molecule is CC1=N/N2C(=O)N=C(c3ccc(C#N)cc3)NC2/C=C(c2ccc(C)cc2)/C=C\1. The van der Waals surface area contributed by atoms with E-state index in [1.165, 1.54) is 10.6 Å². The van der Waals surface area contributed by atoms with Crippen LogP contribution in [0.15, 0.2) is 76.9 Å². The Labute approximate surface area is 169 Å². The molecule has 142 valence electrons. The number of allylic oxidation sites excluding steroid dienone is 3. The van der Waals surface area contributed by atoms with Crippen LogP contribution in [-0.4, -0.2) is 28.8 Å². The predicted molar refractivity (Wildman–Crippen MR) is 113 cm³/mol. The number of aryl methyl sites for hydroxylation is 1. The van der Waals surface area contributed by atoms with E-state index < -0.39 is 12.2 Å². The van der Waals surface area contributed by atoms with Gasteiger partial charge in [-0.05, 0) is 61.4 Å². The van der Waals surface area contributed by atoms with Gasteiger partial charge in [-0.2, -0.15) is 20.4 Å². The number of benzene rings is 2. The molecule has 2 heterocycles. The smallest absolute Gasteiger partial charge is 0.344 e. The zero-order valence-corrected chi connectivity index (χ0v) is 16.1. The number of nitriles is 1. The van der Waals surface area contributed by atoms with Crippen molar-refractivity contribution in [1.29, 1.82) is 5.26 Å². The molecule has 6 heteroatoms. The van der Waals surface area contributed by atoms with Crippen molar-refractivity contribution in [3.63, 3.8) is 0 Å². The Kier molecular flexibility index (Phi) is 4.80. The number of rotatable bonds is 2. The summed E-state index contributed by atoms with van der Waals surface area (Å²) < 4.78 is 0. The van der Waals surface area contributed by atoms with Crippen LogP contribution in [0.1, 0.15) is 29.2 Å². The number of hydrazone groups is 1. The number of amidine groups is 1. The number of urea groups is 1. The lowest BCUT2D eigenvalue weighted by atomic mass is 10.0. The van der Waals surface area contributed by atoms with Gasteiger partial charge in [-0.25, -0.2) is 4.79 Å². The third-order valence-corrected chi connectivity index (χ3v) is 4.73. The summed E-state index contributed by atoms with van der Waals surface area (Å²) in [7, 11) is 0. The highest BCUT2D eigenvalue weighted by molar-refractivity contribution is 6.07. The Morgan fingerprint density at radius 1 is 1.00 bits per heavy atom. The summed E-state index contributed by atoms with van der Waals surface area (Å²) in [4.78, 5) is 16.9. The number of aliphatic imine (C=N–C) groups is 1. The topological polar surface area (TPSA) is 80.8 Å². The van der Waals surface area contributed by atoms with Crippen LogP contribution < -0.4 is 5.32 Å². The van der Waals surface area contributed by atoms with E-state index in [4.69, 9.17) is 5.26 Å². The number of nitrogens with zero attached hydrogens (tertiary/aromatic N) is 4. The Hall–Kier alpha value is -3.98. The molecule has 4 rings (SSSR count).